The number of hydrogen-bond acceptors (Lipinski definition) is 9. The van der Waals surface area contributed by atoms with Crippen LogP contribution in [0.1, 0.15) is 52.0 Å². The fraction of sp³-hybridized carbons (Fsp3) is 0.344. The lowest BCUT2D eigenvalue weighted by Gasteiger charge is -2.20. The number of nitrogens with zero attached hydrogens (tertiary/aromatic N) is 2. The second-order valence-electron chi connectivity index (χ2n) is 11.4. The number of rotatable bonds is 13. The number of Topliss-reactive ketones (excluding diaryl/α,β-unsaturated/α-hetero) is 1. The normalized spacial score (nSPS) is 12.5. The van der Waals surface area contributed by atoms with E-state index in [1.54, 1.807) is 56.7 Å². The number of carbonyl (C=O) groups is 1. The van der Waals surface area contributed by atoms with Crippen molar-refractivity contribution in [3.63, 3.8) is 0 Å². The van der Waals surface area contributed by atoms with Gasteiger partial charge in [-0.05, 0) is 62.9 Å². The SMILES string of the molecule is COc1cc(Nc2nc3ccccc3nc2NS(=O)(=O)c2cccc(C(C)CCC(=O)CNC(C)(C)C)c2)cc(OC)c1. The van der Waals surface area contributed by atoms with Crippen LogP contribution in [-0.4, -0.2) is 50.5 Å². The third-order valence-electron chi connectivity index (χ3n) is 6.83. The molecule has 0 aliphatic carbocycles. The summed E-state index contributed by atoms with van der Waals surface area (Å²) in [6, 6.07) is 19.2. The molecule has 0 saturated heterocycles. The van der Waals surface area contributed by atoms with Crippen LogP contribution in [-0.2, 0) is 14.8 Å². The second kappa shape index (κ2) is 13.4. The minimum atomic E-state index is -4.05. The largest absolute Gasteiger partial charge is 0.497 e. The lowest BCUT2D eigenvalue weighted by atomic mass is 9.95. The first-order chi connectivity index (χ1) is 20.4. The van der Waals surface area contributed by atoms with Crippen LogP contribution in [0.3, 0.4) is 0 Å². The fourth-order valence-corrected chi connectivity index (χ4v) is 5.41. The molecule has 228 valence electrons. The topological polar surface area (TPSA) is 132 Å². The molecule has 0 aliphatic rings. The van der Waals surface area contributed by atoms with Crippen molar-refractivity contribution in [1.82, 2.24) is 15.3 Å². The lowest BCUT2D eigenvalue weighted by molar-refractivity contribution is -0.118. The number of hydrogen-bond donors (Lipinski definition) is 3. The van der Waals surface area contributed by atoms with Crippen molar-refractivity contribution in [1.29, 1.82) is 0 Å². The summed E-state index contributed by atoms with van der Waals surface area (Å²) < 4.78 is 40.7. The van der Waals surface area contributed by atoms with Gasteiger partial charge in [0.1, 0.15) is 17.3 Å². The molecule has 0 fully saturated rings. The Morgan fingerprint density at radius 2 is 1.51 bits per heavy atom. The minimum Gasteiger partial charge on any atom is -0.497 e. The van der Waals surface area contributed by atoms with E-state index in [2.05, 4.69) is 25.3 Å². The minimum absolute atomic E-state index is 0.0190. The van der Waals surface area contributed by atoms with Crippen molar-refractivity contribution in [2.45, 2.75) is 56.9 Å². The number of anilines is 3. The maximum atomic E-state index is 13.7. The van der Waals surface area contributed by atoms with Gasteiger partial charge in [0, 0.05) is 35.8 Å². The van der Waals surface area contributed by atoms with Gasteiger partial charge in [-0.2, -0.15) is 0 Å². The molecule has 3 aromatic carbocycles. The van der Waals surface area contributed by atoms with Gasteiger partial charge in [-0.15, -0.1) is 0 Å². The van der Waals surface area contributed by atoms with Gasteiger partial charge in [0.25, 0.3) is 10.0 Å². The summed E-state index contributed by atoms with van der Waals surface area (Å²) in [6.07, 6.45) is 1.01. The van der Waals surface area contributed by atoms with Gasteiger partial charge in [-0.3, -0.25) is 9.52 Å². The molecular formula is C32H39N5O5S. The summed E-state index contributed by atoms with van der Waals surface area (Å²) in [5.74, 6) is 1.46. The Hall–Kier alpha value is -4.22. The van der Waals surface area contributed by atoms with E-state index in [1.807, 2.05) is 45.9 Å². The van der Waals surface area contributed by atoms with Gasteiger partial charge in [-0.1, -0.05) is 31.2 Å². The van der Waals surface area contributed by atoms with Crippen molar-refractivity contribution in [2.75, 3.05) is 30.8 Å². The highest BCUT2D eigenvalue weighted by atomic mass is 32.2. The number of carbonyl (C=O) groups excluding carboxylic acids is 1. The van der Waals surface area contributed by atoms with Gasteiger partial charge in [-0.25, -0.2) is 18.4 Å². The number of ketones is 1. The molecule has 11 heteroatoms. The molecule has 10 nitrogen and oxygen atoms in total. The molecule has 3 N–H and O–H groups in total. The summed E-state index contributed by atoms with van der Waals surface area (Å²) in [5.41, 5.74) is 2.38. The molecule has 0 amide bonds. The van der Waals surface area contributed by atoms with Crippen LogP contribution >= 0.6 is 0 Å². The van der Waals surface area contributed by atoms with E-state index in [0.717, 1.165) is 5.56 Å². The molecule has 0 saturated carbocycles. The number of benzene rings is 3. The molecule has 1 unspecified atom stereocenters. The van der Waals surface area contributed by atoms with Crippen LogP contribution in [0.5, 0.6) is 11.5 Å². The Morgan fingerprint density at radius 3 is 2.12 bits per heavy atom. The zero-order valence-corrected chi connectivity index (χ0v) is 26.2. The first-order valence-electron chi connectivity index (χ1n) is 14.0. The lowest BCUT2D eigenvalue weighted by Crippen LogP contribution is -2.39. The number of sulfonamides is 1. The van der Waals surface area contributed by atoms with Crippen LogP contribution in [0.4, 0.5) is 17.3 Å². The molecule has 1 aromatic heterocycles. The van der Waals surface area contributed by atoms with Crippen molar-refractivity contribution in [3.8, 4) is 11.5 Å². The fourth-order valence-electron chi connectivity index (χ4n) is 4.35. The number of nitrogens with one attached hydrogen (secondary N) is 3. The van der Waals surface area contributed by atoms with Crippen LogP contribution < -0.4 is 24.8 Å². The maximum absolute atomic E-state index is 13.7. The maximum Gasteiger partial charge on any atom is 0.263 e. The van der Waals surface area contributed by atoms with Crippen molar-refractivity contribution in [2.24, 2.45) is 0 Å². The Balaban J connectivity index is 1.58. The first kappa shape index (κ1) is 31.7. The number of methoxy groups -OCH3 is 2. The van der Waals surface area contributed by atoms with E-state index >= 15 is 0 Å². The standard InChI is InChI=1S/C32H39N5O5S/c1-21(14-15-24(38)20-33-32(2,3)4)22-10-9-11-27(16-22)43(39,40)37-31-30(35-28-12-7-8-13-29(28)36-31)34-23-17-25(41-5)19-26(18-23)42-6/h7-13,16-19,21,33H,14-15,20H2,1-6H3,(H,34,35)(H,36,37). The molecule has 0 bridgehead atoms. The van der Waals surface area contributed by atoms with Crippen LogP contribution in [0.25, 0.3) is 11.0 Å². The highest BCUT2D eigenvalue weighted by molar-refractivity contribution is 7.92. The molecular weight excluding hydrogens is 566 g/mol. The Bertz CT molecular complexity index is 1680. The van der Waals surface area contributed by atoms with Crippen molar-refractivity contribution < 1.29 is 22.7 Å². The summed E-state index contributed by atoms with van der Waals surface area (Å²) in [7, 11) is -0.960. The molecule has 0 aliphatic heterocycles. The Kier molecular flexibility index (Phi) is 9.87. The quantitative estimate of drug-likeness (QED) is 0.167. The molecule has 4 aromatic rings. The van der Waals surface area contributed by atoms with Gasteiger partial charge >= 0.3 is 0 Å². The summed E-state index contributed by atoms with van der Waals surface area (Å²) in [5, 5.41) is 6.38. The number of fused-ring (bicyclic) bond motifs is 1. The van der Waals surface area contributed by atoms with Crippen LogP contribution in [0.2, 0.25) is 0 Å². The van der Waals surface area contributed by atoms with Gasteiger partial charge in [0.2, 0.25) is 0 Å². The average Bonchev–Trinajstić information content (AvgIpc) is 2.98. The summed E-state index contributed by atoms with van der Waals surface area (Å²) in [4.78, 5) is 21.7. The zero-order valence-electron chi connectivity index (χ0n) is 25.4. The van der Waals surface area contributed by atoms with Crippen molar-refractivity contribution in [3.05, 3.63) is 72.3 Å². The molecule has 1 heterocycles. The molecule has 1 atom stereocenters. The number of para-hydroxylation sites is 2. The van der Waals surface area contributed by atoms with E-state index < -0.39 is 10.0 Å². The Labute approximate surface area is 253 Å². The summed E-state index contributed by atoms with van der Waals surface area (Å²) >= 11 is 0. The highest BCUT2D eigenvalue weighted by Crippen LogP contribution is 2.32. The molecule has 4 rings (SSSR count). The third kappa shape index (κ3) is 8.65. The summed E-state index contributed by atoms with van der Waals surface area (Å²) in [6.45, 7) is 8.34. The predicted octanol–water partition coefficient (Wildman–Crippen LogP) is 6.03. The van der Waals surface area contributed by atoms with Crippen LogP contribution in [0.15, 0.2) is 71.6 Å². The van der Waals surface area contributed by atoms with Gasteiger partial charge in [0.15, 0.2) is 11.6 Å². The molecule has 0 spiro atoms. The third-order valence-corrected chi connectivity index (χ3v) is 8.16. The van der Waals surface area contributed by atoms with E-state index in [0.29, 0.717) is 47.6 Å². The van der Waals surface area contributed by atoms with E-state index in [-0.39, 0.29) is 33.8 Å². The smallest absolute Gasteiger partial charge is 0.263 e. The van der Waals surface area contributed by atoms with Crippen molar-refractivity contribution >= 4 is 44.2 Å². The van der Waals surface area contributed by atoms with Gasteiger partial charge in [0.05, 0.1) is 36.7 Å². The average molecular weight is 606 g/mol. The first-order valence-corrected chi connectivity index (χ1v) is 15.5. The predicted molar refractivity (Wildman–Crippen MR) is 170 cm³/mol. The highest BCUT2D eigenvalue weighted by Gasteiger charge is 2.21. The van der Waals surface area contributed by atoms with E-state index in [1.165, 1.54) is 6.07 Å². The van der Waals surface area contributed by atoms with Gasteiger partial charge < -0.3 is 20.1 Å². The van der Waals surface area contributed by atoms with E-state index in [4.69, 9.17) is 9.47 Å². The number of ether oxygens (including phenoxy) is 2. The molecule has 0 radical (unpaired) electrons. The van der Waals surface area contributed by atoms with Crippen LogP contribution in [0, 0.1) is 0 Å². The zero-order chi connectivity index (χ0) is 31.2. The second-order valence-corrected chi connectivity index (χ2v) is 13.1. The van der Waals surface area contributed by atoms with E-state index in [9.17, 15) is 13.2 Å². The Morgan fingerprint density at radius 1 is 0.884 bits per heavy atom. The monoisotopic (exact) mass is 605 g/mol. The molecule has 43 heavy (non-hydrogen) atoms. The number of aromatic nitrogens is 2.